The summed E-state index contributed by atoms with van der Waals surface area (Å²) in [6.07, 6.45) is 3.95. The number of aryl methyl sites for hydroxylation is 1. The van der Waals surface area contributed by atoms with Crippen molar-refractivity contribution < 1.29 is 8.78 Å². The van der Waals surface area contributed by atoms with E-state index in [0.29, 0.717) is 19.0 Å². The normalized spacial score (nSPS) is 11.2. The Kier molecular flexibility index (Phi) is 10.6. The molecule has 0 unspecified atom stereocenters. The van der Waals surface area contributed by atoms with E-state index < -0.39 is 11.6 Å². The molecule has 0 radical (unpaired) electrons. The van der Waals surface area contributed by atoms with Crippen LogP contribution >= 0.6 is 35.3 Å². The average molecular weight is 494 g/mol. The number of nitrogens with zero attached hydrogens (tertiary/aromatic N) is 2. The first-order chi connectivity index (χ1) is 12.1. The fourth-order valence-corrected chi connectivity index (χ4v) is 3.16. The van der Waals surface area contributed by atoms with Gasteiger partial charge in [-0.3, -0.25) is 4.99 Å². The molecule has 144 valence electrons. The van der Waals surface area contributed by atoms with Crippen LogP contribution in [0.25, 0.3) is 0 Å². The highest BCUT2D eigenvalue weighted by Crippen LogP contribution is 2.14. The third-order valence-electron chi connectivity index (χ3n) is 3.62. The van der Waals surface area contributed by atoms with Crippen molar-refractivity contribution in [3.63, 3.8) is 0 Å². The Labute approximate surface area is 174 Å². The maximum atomic E-state index is 13.6. The summed E-state index contributed by atoms with van der Waals surface area (Å²) in [5, 5.41) is 7.32. The van der Waals surface area contributed by atoms with Gasteiger partial charge in [-0.15, -0.1) is 35.3 Å². The van der Waals surface area contributed by atoms with Gasteiger partial charge in [0.2, 0.25) is 0 Å². The third-order valence-corrected chi connectivity index (χ3v) is 4.82. The molecule has 2 aromatic rings. The molecule has 26 heavy (non-hydrogen) atoms. The van der Waals surface area contributed by atoms with Crippen LogP contribution in [0.15, 0.2) is 29.4 Å². The molecule has 0 aliphatic rings. The smallest absolute Gasteiger partial charge is 0.191 e. The van der Waals surface area contributed by atoms with Gasteiger partial charge in [0.05, 0.1) is 5.01 Å². The predicted octanol–water partition coefficient (Wildman–Crippen LogP) is 3.94. The molecule has 0 aliphatic carbocycles. The van der Waals surface area contributed by atoms with Gasteiger partial charge in [-0.05, 0) is 31.9 Å². The van der Waals surface area contributed by atoms with Crippen LogP contribution in [0, 0.1) is 11.6 Å². The molecule has 2 rings (SSSR count). The van der Waals surface area contributed by atoms with E-state index in [2.05, 4.69) is 27.5 Å². The summed E-state index contributed by atoms with van der Waals surface area (Å²) < 4.78 is 27.3. The lowest BCUT2D eigenvalue weighted by molar-refractivity contribution is 0.553. The minimum absolute atomic E-state index is 0. The standard InChI is InChI=1S/C18H24F2N4S.HI/c1-3-13-12-24-17(25-13)9-11-23-18(21-4-2)22-10-8-14-15(19)6-5-7-16(14)20;/h5-7,12H,3-4,8-11H2,1-2H3,(H2,21,22,23);1H. The average Bonchev–Trinajstić information content (AvgIpc) is 3.05. The Morgan fingerprint density at radius 3 is 2.50 bits per heavy atom. The van der Waals surface area contributed by atoms with Gasteiger partial charge in [0.15, 0.2) is 5.96 Å². The number of thiazole rings is 1. The first kappa shape index (κ1) is 22.8. The maximum Gasteiger partial charge on any atom is 0.191 e. The Bertz CT molecular complexity index is 686. The zero-order valence-electron chi connectivity index (χ0n) is 15.0. The summed E-state index contributed by atoms with van der Waals surface area (Å²) in [6.45, 7) is 5.82. The van der Waals surface area contributed by atoms with Gasteiger partial charge in [0.25, 0.3) is 0 Å². The number of hydrogen-bond donors (Lipinski definition) is 2. The fraction of sp³-hybridized carbons (Fsp3) is 0.444. The van der Waals surface area contributed by atoms with Crippen molar-refractivity contribution in [1.82, 2.24) is 15.6 Å². The van der Waals surface area contributed by atoms with Gasteiger partial charge in [-0.2, -0.15) is 0 Å². The molecule has 1 aromatic heterocycles. The van der Waals surface area contributed by atoms with Gasteiger partial charge < -0.3 is 10.6 Å². The van der Waals surface area contributed by atoms with Crippen LogP contribution < -0.4 is 10.6 Å². The van der Waals surface area contributed by atoms with Crippen LogP contribution in [-0.2, 0) is 19.3 Å². The minimum Gasteiger partial charge on any atom is -0.357 e. The second-order valence-electron chi connectivity index (χ2n) is 5.46. The predicted molar refractivity (Wildman–Crippen MR) is 115 cm³/mol. The zero-order chi connectivity index (χ0) is 18.1. The van der Waals surface area contributed by atoms with Gasteiger partial charge in [-0.25, -0.2) is 13.8 Å². The first-order valence-electron chi connectivity index (χ1n) is 8.52. The SMILES string of the molecule is CCNC(=NCCc1ncc(CC)s1)NCCc1c(F)cccc1F.I. The Balaban J connectivity index is 0.00000338. The number of rotatable bonds is 8. The summed E-state index contributed by atoms with van der Waals surface area (Å²) in [6, 6.07) is 3.92. The molecular weight excluding hydrogens is 469 g/mol. The second kappa shape index (κ2) is 12.2. The van der Waals surface area contributed by atoms with Gasteiger partial charge in [0, 0.05) is 42.7 Å². The molecule has 1 heterocycles. The lowest BCUT2D eigenvalue weighted by Crippen LogP contribution is -2.38. The summed E-state index contributed by atoms with van der Waals surface area (Å²) in [4.78, 5) is 10.1. The molecule has 0 spiro atoms. The molecule has 0 saturated carbocycles. The summed E-state index contributed by atoms with van der Waals surface area (Å²) >= 11 is 1.71. The van der Waals surface area contributed by atoms with Crippen LogP contribution in [0.5, 0.6) is 0 Å². The molecule has 0 atom stereocenters. The minimum atomic E-state index is -0.515. The Morgan fingerprint density at radius 1 is 1.15 bits per heavy atom. The number of nitrogens with one attached hydrogen (secondary N) is 2. The molecular formula is C18H25F2IN4S. The monoisotopic (exact) mass is 494 g/mol. The number of guanidine groups is 1. The Morgan fingerprint density at radius 2 is 1.88 bits per heavy atom. The fourth-order valence-electron chi connectivity index (χ4n) is 2.31. The molecule has 0 fully saturated rings. The van der Waals surface area contributed by atoms with E-state index in [-0.39, 0.29) is 36.0 Å². The largest absolute Gasteiger partial charge is 0.357 e. The van der Waals surface area contributed by atoms with E-state index in [1.54, 1.807) is 11.3 Å². The van der Waals surface area contributed by atoms with E-state index >= 15 is 0 Å². The van der Waals surface area contributed by atoms with Gasteiger partial charge >= 0.3 is 0 Å². The molecule has 4 nitrogen and oxygen atoms in total. The van der Waals surface area contributed by atoms with Crippen LogP contribution in [0.3, 0.4) is 0 Å². The highest BCUT2D eigenvalue weighted by atomic mass is 127. The second-order valence-corrected chi connectivity index (χ2v) is 6.66. The van der Waals surface area contributed by atoms with Crippen molar-refractivity contribution >= 4 is 41.3 Å². The van der Waals surface area contributed by atoms with E-state index in [0.717, 1.165) is 24.4 Å². The summed E-state index contributed by atoms with van der Waals surface area (Å²) in [5.41, 5.74) is 0.0979. The van der Waals surface area contributed by atoms with E-state index in [9.17, 15) is 8.78 Å². The third kappa shape index (κ3) is 7.14. The van der Waals surface area contributed by atoms with Crippen LogP contribution in [0.2, 0.25) is 0 Å². The maximum absolute atomic E-state index is 13.6. The zero-order valence-corrected chi connectivity index (χ0v) is 18.2. The first-order valence-corrected chi connectivity index (χ1v) is 9.34. The summed E-state index contributed by atoms with van der Waals surface area (Å²) in [7, 11) is 0. The molecule has 2 N–H and O–H groups in total. The number of halogens is 3. The van der Waals surface area contributed by atoms with Crippen molar-refractivity contribution in [3.8, 4) is 0 Å². The van der Waals surface area contributed by atoms with Crippen molar-refractivity contribution in [3.05, 3.63) is 51.5 Å². The lowest BCUT2D eigenvalue weighted by Gasteiger charge is -2.11. The highest BCUT2D eigenvalue weighted by Gasteiger charge is 2.08. The van der Waals surface area contributed by atoms with Crippen molar-refractivity contribution in [2.75, 3.05) is 19.6 Å². The number of aromatic nitrogens is 1. The molecule has 1 aromatic carbocycles. The Hall–Kier alpha value is -1.29. The van der Waals surface area contributed by atoms with Crippen LogP contribution in [0.4, 0.5) is 8.78 Å². The molecule has 0 amide bonds. The molecule has 0 aliphatic heterocycles. The summed E-state index contributed by atoms with van der Waals surface area (Å²) in [5.74, 6) is -0.384. The van der Waals surface area contributed by atoms with Crippen LogP contribution in [-0.4, -0.2) is 30.6 Å². The van der Waals surface area contributed by atoms with Crippen LogP contribution in [0.1, 0.15) is 29.3 Å². The molecule has 0 saturated heterocycles. The van der Waals surface area contributed by atoms with Crippen molar-refractivity contribution in [2.45, 2.75) is 33.1 Å². The van der Waals surface area contributed by atoms with Gasteiger partial charge in [-0.1, -0.05) is 13.0 Å². The van der Waals surface area contributed by atoms with E-state index in [1.165, 1.54) is 23.1 Å². The number of hydrogen-bond acceptors (Lipinski definition) is 3. The molecule has 0 bridgehead atoms. The van der Waals surface area contributed by atoms with Crippen molar-refractivity contribution in [1.29, 1.82) is 0 Å². The number of aliphatic imine (C=N–C) groups is 1. The van der Waals surface area contributed by atoms with Gasteiger partial charge in [0.1, 0.15) is 11.6 Å². The lowest BCUT2D eigenvalue weighted by atomic mass is 10.1. The molecule has 8 heteroatoms. The highest BCUT2D eigenvalue weighted by molar-refractivity contribution is 14.0. The number of benzene rings is 1. The van der Waals surface area contributed by atoms with Crippen molar-refractivity contribution in [2.24, 2.45) is 4.99 Å². The quantitative estimate of drug-likeness (QED) is 0.332. The topological polar surface area (TPSA) is 49.3 Å². The van der Waals surface area contributed by atoms with E-state index in [4.69, 9.17) is 0 Å². The van der Waals surface area contributed by atoms with E-state index in [1.807, 2.05) is 13.1 Å².